The van der Waals surface area contributed by atoms with Crippen LogP contribution in [0.4, 0.5) is 0 Å². The quantitative estimate of drug-likeness (QED) is 0.739. The van der Waals surface area contributed by atoms with Crippen LogP contribution in [-0.4, -0.2) is 38.6 Å². The smallest absolute Gasteiger partial charge is 0.353 e. The van der Waals surface area contributed by atoms with Crippen LogP contribution in [-0.2, 0) is 4.74 Å². The van der Waals surface area contributed by atoms with Crippen LogP contribution >= 0.6 is 11.6 Å². The maximum Gasteiger partial charge on any atom is 0.353 e. The van der Waals surface area contributed by atoms with E-state index in [9.17, 15) is 15.0 Å². The van der Waals surface area contributed by atoms with Gasteiger partial charge in [-0.2, -0.15) is 4.98 Å². The molecule has 2 N–H and O–H groups in total. The first-order valence-corrected chi connectivity index (χ1v) is 8.16. The van der Waals surface area contributed by atoms with Crippen molar-refractivity contribution in [1.82, 2.24) is 9.55 Å². The van der Waals surface area contributed by atoms with E-state index in [4.69, 9.17) is 20.8 Å². The highest BCUT2D eigenvalue weighted by Crippen LogP contribution is 2.30. The number of aliphatic hydroxyl groups excluding tert-OH is 2. The van der Waals surface area contributed by atoms with Gasteiger partial charge in [-0.15, -0.1) is 0 Å². The molecule has 3 atom stereocenters. The lowest BCUT2D eigenvalue weighted by molar-refractivity contribution is -0.0457. The summed E-state index contributed by atoms with van der Waals surface area (Å²) in [6, 6.07) is 8.90. The third-order valence-electron chi connectivity index (χ3n) is 4.26. The molecule has 0 bridgehead atoms. The maximum absolute atomic E-state index is 12.3. The number of fused-ring (bicyclic) bond motifs is 1. The molecule has 2 aromatic heterocycles. The third kappa shape index (κ3) is 2.96. The highest BCUT2D eigenvalue weighted by Gasteiger charge is 2.35. The number of hydrogen-bond donors (Lipinski definition) is 2. The highest BCUT2D eigenvalue weighted by atomic mass is 35.5. The molecule has 7 nitrogen and oxygen atoms in total. The minimum absolute atomic E-state index is 0.209. The number of nitrogens with zero attached hydrogens (tertiary/aromatic N) is 2. The number of hydrogen-bond acceptors (Lipinski definition) is 6. The molecular formula is C17H15ClN2O5. The van der Waals surface area contributed by atoms with E-state index in [2.05, 4.69) is 4.98 Å². The maximum atomic E-state index is 12.3. The second-order valence-electron chi connectivity index (χ2n) is 5.92. The number of aliphatic hydroxyl groups is 2. The number of rotatable bonds is 3. The molecule has 0 unspecified atom stereocenters. The third-order valence-corrected chi connectivity index (χ3v) is 4.51. The number of benzene rings is 1. The summed E-state index contributed by atoms with van der Waals surface area (Å²) in [6.07, 6.45) is -0.413. The van der Waals surface area contributed by atoms with Crippen LogP contribution in [0, 0.1) is 0 Å². The van der Waals surface area contributed by atoms with E-state index in [1.54, 1.807) is 24.4 Å². The van der Waals surface area contributed by atoms with E-state index >= 15 is 0 Å². The Labute approximate surface area is 147 Å². The molecule has 1 saturated heterocycles. The molecule has 1 aromatic carbocycles. The predicted octanol–water partition coefficient (Wildman–Crippen LogP) is 1.95. The van der Waals surface area contributed by atoms with Crippen LogP contribution in [0.25, 0.3) is 22.4 Å². The van der Waals surface area contributed by atoms with Gasteiger partial charge in [0.2, 0.25) is 5.71 Å². The molecule has 1 aliphatic rings. The van der Waals surface area contributed by atoms with Gasteiger partial charge in [0, 0.05) is 23.2 Å². The van der Waals surface area contributed by atoms with Crippen molar-refractivity contribution in [3.63, 3.8) is 0 Å². The summed E-state index contributed by atoms with van der Waals surface area (Å²) >= 11 is 5.89. The van der Waals surface area contributed by atoms with E-state index in [1.165, 1.54) is 4.57 Å². The van der Waals surface area contributed by atoms with Gasteiger partial charge in [-0.3, -0.25) is 4.57 Å². The van der Waals surface area contributed by atoms with Crippen LogP contribution < -0.4 is 5.69 Å². The molecule has 8 heteroatoms. The summed E-state index contributed by atoms with van der Waals surface area (Å²) in [7, 11) is 0. The van der Waals surface area contributed by atoms with Crippen LogP contribution in [0.1, 0.15) is 12.6 Å². The van der Waals surface area contributed by atoms with Gasteiger partial charge in [-0.25, -0.2) is 4.79 Å². The van der Waals surface area contributed by atoms with E-state index in [0.29, 0.717) is 16.2 Å². The van der Waals surface area contributed by atoms with Crippen LogP contribution in [0.3, 0.4) is 0 Å². The van der Waals surface area contributed by atoms with Crippen molar-refractivity contribution in [2.45, 2.75) is 24.9 Å². The lowest BCUT2D eigenvalue weighted by Crippen LogP contribution is -2.27. The molecule has 0 saturated carbocycles. The van der Waals surface area contributed by atoms with Gasteiger partial charge in [0.25, 0.3) is 0 Å². The van der Waals surface area contributed by atoms with Crippen molar-refractivity contribution in [3.05, 3.63) is 52.0 Å². The fourth-order valence-electron chi connectivity index (χ4n) is 2.94. The van der Waals surface area contributed by atoms with Crippen molar-refractivity contribution >= 4 is 22.7 Å². The van der Waals surface area contributed by atoms with Gasteiger partial charge in [0.1, 0.15) is 18.1 Å². The fourth-order valence-corrected chi connectivity index (χ4v) is 3.06. The SMILES string of the molecule is O=c1nc2oc(-c3ccc(Cl)cc3)cc2cn1[C@H]1C[C@H](O)[C@@H](CO)O1. The first kappa shape index (κ1) is 16.3. The molecule has 0 aliphatic carbocycles. The normalized spacial score (nSPS) is 23.4. The molecule has 25 heavy (non-hydrogen) atoms. The standard InChI is InChI=1S/C17H15ClN2O5/c18-11-3-1-9(2-4-11)13-5-10-7-20(17(23)19-16(10)25-13)15-6-12(22)14(8-21)24-15/h1-5,7,12,14-15,21-22H,6,8H2/t12-,14+,15+/m0/s1. The van der Waals surface area contributed by atoms with Crippen molar-refractivity contribution in [2.24, 2.45) is 0 Å². The van der Waals surface area contributed by atoms with E-state index < -0.39 is 24.1 Å². The van der Waals surface area contributed by atoms with Crippen LogP contribution in [0.2, 0.25) is 5.02 Å². The van der Waals surface area contributed by atoms with Gasteiger partial charge in [-0.05, 0) is 30.3 Å². The average Bonchev–Trinajstić information content (AvgIpc) is 3.17. The zero-order valence-corrected chi connectivity index (χ0v) is 13.8. The molecule has 0 radical (unpaired) electrons. The summed E-state index contributed by atoms with van der Waals surface area (Å²) in [4.78, 5) is 16.2. The van der Waals surface area contributed by atoms with Crippen LogP contribution in [0.5, 0.6) is 0 Å². The van der Waals surface area contributed by atoms with Gasteiger partial charge >= 0.3 is 5.69 Å². The number of ether oxygens (including phenoxy) is 1. The Morgan fingerprint density at radius 2 is 2.08 bits per heavy atom. The second kappa shape index (κ2) is 6.27. The molecule has 0 amide bonds. The lowest BCUT2D eigenvalue weighted by Gasteiger charge is -2.13. The number of halogens is 1. The summed E-state index contributed by atoms with van der Waals surface area (Å²) < 4.78 is 12.5. The summed E-state index contributed by atoms with van der Waals surface area (Å²) in [5.74, 6) is 0.567. The summed E-state index contributed by atoms with van der Waals surface area (Å²) in [5.41, 5.74) is 0.498. The Bertz CT molecular complexity index is 965. The summed E-state index contributed by atoms with van der Waals surface area (Å²) in [6.45, 7) is -0.311. The minimum Gasteiger partial charge on any atom is -0.437 e. The first-order valence-electron chi connectivity index (χ1n) is 7.78. The van der Waals surface area contributed by atoms with Crippen LogP contribution in [0.15, 0.2) is 45.7 Å². The molecule has 4 rings (SSSR count). The predicted molar refractivity (Wildman–Crippen MR) is 90.3 cm³/mol. The van der Waals surface area contributed by atoms with Gasteiger partial charge in [0.15, 0.2) is 0 Å². The Morgan fingerprint density at radius 3 is 2.76 bits per heavy atom. The van der Waals surface area contributed by atoms with E-state index in [1.807, 2.05) is 12.1 Å². The molecule has 0 spiro atoms. The average molecular weight is 363 g/mol. The zero-order valence-electron chi connectivity index (χ0n) is 13.0. The molecule has 1 fully saturated rings. The Balaban J connectivity index is 1.72. The Morgan fingerprint density at radius 1 is 1.32 bits per heavy atom. The molecular weight excluding hydrogens is 348 g/mol. The number of aromatic nitrogens is 2. The van der Waals surface area contributed by atoms with Crippen molar-refractivity contribution < 1.29 is 19.4 Å². The van der Waals surface area contributed by atoms with E-state index in [-0.39, 0.29) is 18.7 Å². The molecule has 130 valence electrons. The number of furan rings is 1. The largest absolute Gasteiger partial charge is 0.437 e. The topological polar surface area (TPSA) is 97.7 Å². The molecule has 3 heterocycles. The zero-order chi connectivity index (χ0) is 17.6. The van der Waals surface area contributed by atoms with E-state index in [0.717, 1.165) is 5.56 Å². The molecule has 1 aliphatic heterocycles. The van der Waals surface area contributed by atoms with Crippen molar-refractivity contribution in [1.29, 1.82) is 0 Å². The van der Waals surface area contributed by atoms with Crippen molar-refractivity contribution in [3.8, 4) is 11.3 Å². The molecule has 3 aromatic rings. The lowest BCUT2D eigenvalue weighted by atomic mass is 10.2. The monoisotopic (exact) mass is 362 g/mol. The van der Waals surface area contributed by atoms with Gasteiger partial charge in [0.05, 0.1) is 18.1 Å². The second-order valence-corrected chi connectivity index (χ2v) is 6.36. The Kier molecular flexibility index (Phi) is 4.09. The summed E-state index contributed by atoms with van der Waals surface area (Å²) in [5, 5.41) is 20.3. The highest BCUT2D eigenvalue weighted by molar-refractivity contribution is 6.30. The van der Waals surface area contributed by atoms with Gasteiger partial charge in [-0.1, -0.05) is 11.6 Å². The minimum atomic E-state index is -0.827. The van der Waals surface area contributed by atoms with Crippen molar-refractivity contribution in [2.75, 3.05) is 6.61 Å². The fraction of sp³-hybridized carbons (Fsp3) is 0.294. The first-order chi connectivity index (χ1) is 12.0. The Hall–Kier alpha value is -2.19. The van der Waals surface area contributed by atoms with Gasteiger partial charge < -0.3 is 19.4 Å².